The maximum absolute atomic E-state index is 11.8. The fourth-order valence-corrected chi connectivity index (χ4v) is 3.15. The number of carbonyl (C=O) groups is 2. The fourth-order valence-electron chi connectivity index (χ4n) is 2.30. The van der Waals surface area contributed by atoms with Crippen LogP contribution in [0, 0.1) is 0 Å². The lowest BCUT2D eigenvalue weighted by molar-refractivity contribution is -0.145. The van der Waals surface area contributed by atoms with Crippen LogP contribution in [0.5, 0.6) is 11.5 Å². The van der Waals surface area contributed by atoms with E-state index < -0.39 is 5.97 Å². The Morgan fingerprint density at radius 1 is 1.07 bits per heavy atom. The van der Waals surface area contributed by atoms with Gasteiger partial charge in [-0.1, -0.05) is 23.7 Å². The SMILES string of the molecule is O=C(COC(=O)CSc1ccc2c(c1)OCCO2)NCc1ccc(Cl)cc1. The second kappa shape index (κ2) is 9.53. The smallest absolute Gasteiger partial charge is 0.316 e. The van der Waals surface area contributed by atoms with Gasteiger partial charge < -0.3 is 19.5 Å². The number of hydrogen-bond donors (Lipinski definition) is 1. The molecule has 0 radical (unpaired) electrons. The highest BCUT2D eigenvalue weighted by molar-refractivity contribution is 8.00. The minimum atomic E-state index is -0.462. The van der Waals surface area contributed by atoms with E-state index in [9.17, 15) is 9.59 Å². The number of nitrogens with one attached hydrogen (secondary N) is 1. The number of halogens is 1. The average Bonchev–Trinajstić information content (AvgIpc) is 2.70. The van der Waals surface area contributed by atoms with Gasteiger partial charge in [0.15, 0.2) is 18.1 Å². The van der Waals surface area contributed by atoms with E-state index in [-0.39, 0.29) is 18.3 Å². The van der Waals surface area contributed by atoms with E-state index in [1.54, 1.807) is 12.1 Å². The summed E-state index contributed by atoms with van der Waals surface area (Å²) in [7, 11) is 0. The van der Waals surface area contributed by atoms with Crippen LogP contribution >= 0.6 is 23.4 Å². The predicted octanol–water partition coefficient (Wildman–Crippen LogP) is 3.06. The van der Waals surface area contributed by atoms with Crippen LogP contribution in [0.4, 0.5) is 0 Å². The molecule has 0 aliphatic carbocycles. The van der Waals surface area contributed by atoms with E-state index in [1.165, 1.54) is 11.8 Å². The van der Waals surface area contributed by atoms with E-state index in [1.807, 2.05) is 30.3 Å². The number of ether oxygens (including phenoxy) is 3. The molecule has 0 atom stereocenters. The van der Waals surface area contributed by atoms with Crippen LogP contribution in [0.15, 0.2) is 47.4 Å². The molecule has 1 aliphatic rings. The molecule has 1 aliphatic heterocycles. The Morgan fingerprint density at radius 2 is 1.81 bits per heavy atom. The summed E-state index contributed by atoms with van der Waals surface area (Å²) >= 11 is 7.12. The minimum absolute atomic E-state index is 0.101. The third kappa shape index (κ3) is 6.08. The first-order valence-corrected chi connectivity index (χ1v) is 9.66. The van der Waals surface area contributed by atoms with Crippen LogP contribution in [0.25, 0.3) is 0 Å². The summed E-state index contributed by atoms with van der Waals surface area (Å²) in [5, 5.41) is 3.32. The Balaban J connectivity index is 1.36. The van der Waals surface area contributed by atoms with E-state index >= 15 is 0 Å². The molecule has 3 rings (SSSR count). The highest BCUT2D eigenvalue weighted by Gasteiger charge is 2.13. The van der Waals surface area contributed by atoms with Crippen molar-refractivity contribution >= 4 is 35.2 Å². The van der Waals surface area contributed by atoms with Gasteiger partial charge in [0.1, 0.15) is 13.2 Å². The first-order chi connectivity index (χ1) is 13.1. The summed E-state index contributed by atoms with van der Waals surface area (Å²) in [4.78, 5) is 24.5. The Hall–Kier alpha value is -2.38. The van der Waals surface area contributed by atoms with Crippen molar-refractivity contribution in [2.45, 2.75) is 11.4 Å². The van der Waals surface area contributed by atoms with Crippen LogP contribution < -0.4 is 14.8 Å². The van der Waals surface area contributed by atoms with Crippen molar-refractivity contribution in [3.8, 4) is 11.5 Å². The maximum Gasteiger partial charge on any atom is 0.316 e. The van der Waals surface area contributed by atoms with Crippen molar-refractivity contribution in [1.29, 1.82) is 0 Å². The molecule has 8 heteroatoms. The van der Waals surface area contributed by atoms with Gasteiger partial charge in [0.2, 0.25) is 0 Å². The lowest BCUT2D eigenvalue weighted by Gasteiger charge is -2.18. The molecule has 1 amide bonds. The number of fused-ring (bicyclic) bond motifs is 1. The summed E-state index contributed by atoms with van der Waals surface area (Å²) < 4.78 is 16.0. The number of hydrogen-bond acceptors (Lipinski definition) is 6. The highest BCUT2D eigenvalue weighted by Crippen LogP contribution is 2.34. The largest absolute Gasteiger partial charge is 0.486 e. The quantitative estimate of drug-likeness (QED) is 0.561. The number of amides is 1. The minimum Gasteiger partial charge on any atom is -0.486 e. The van der Waals surface area contributed by atoms with Gasteiger partial charge >= 0.3 is 5.97 Å². The van der Waals surface area contributed by atoms with E-state index in [2.05, 4.69) is 5.32 Å². The van der Waals surface area contributed by atoms with Gasteiger partial charge in [0.25, 0.3) is 5.91 Å². The molecule has 6 nitrogen and oxygen atoms in total. The fraction of sp³-hybridized carbons (Fsp3) is 0.263. The summed E-state index contributed by atoms with van der Waals surface area (Å²) in [6.07, 6.45) is 0. The van der Waals surface area contributed by atoms with Crippen LogP contribution in [-0.4, -0.2) is 37.4 Å². The number of benzene rings is 2. The van der Waals surface area contributed by atoms with Gasteiger partial charge in [-0.15, -0.1) is 11.8 Å². The number of carbonyl (C=O) groups excluding carboxylic acids is 2. The zero-order valence-corrected chi connectivity index (χ0v) is 16.0. The van der Waals surface area contributed by atoms with Crippen LogP contribution in [-0.2, 0) is 20.9 Å². The van der Waals surface area contributed by atoms with Crippen LogP contribution in [0.2, 0.25) is 5.02 Å². The summed E-state index contributed by atoms with van der Waals surface area (Å²) in [6.45, 7) is 1.08. The van der Waals surface area contributed by atoms with E-state index in [0.29, 0.717) is 36.3 Å². The Kier molecular flexibility index (Phi) is 6.84. The molecule has 27 heavy (non-hydrogen) atoms. The Morgan fingerprint density at radius 3 is 2.59 bits per heavy atom. The van der Waals surface area contributed by atoms with Gasteiger partial charge in [-0.2, -0.15) is 0 Å². The predicted molar refractivity (Wildman–Crippen MR) is 102 cm³/mol. The van der Waals surface area contributed by atoms with Crippen molar-refractivity contribution in [1.82, 2.24) is 5.32 Å². The van der Waals surface area contributed by atoms with Crippen LogP contribution in [0.3, 0.4) is 0 Å². The maximum atomic E-state index is 11.8. The molecule has 0 bridgehead atoms. The summed E-state index contributed by atoms with van der Waals surface area (Å²) in [5.74, 6) is 0.648. The Bertz CT molecular complexity index is 812. The topological polar surface area (TPSA) is 73.9 Å². The lowest BCUT2D eigenvalue weighted by atomic mass is 10.2. The molecule has 0 fully saturated rings. The normalized spacial score (nSPS) is 12.3. The van der Waals surface area contributed by atoms with Crippen molar-refractivity contribution < 1.29 is 23.8 Å². The summed E-state index contributed by atoms with van der Waals surface area (Å²) in [6, 6.07) is 12.6. The number of thioether (sulfide) groups is 1. The highest BCUT2D eigenvalue weighted by atomic mass is 35.5. The van der Waals surface area contributed by atoms with Crippen molar-refractivity contribution in [2.24, 2.45) is 0 Å². The molecule has 1 N–H and O–H groups in total. The molecule has 0 aromatic heterocycles. The monoisotopic (exact) mass is 407 g/mol. The lowest BCUT2D eigenvalue weighted by Crippen LogP contribution is -2.28. The molecular formula is C19H18ClNO5S. The van der Waals surface area contributed by atoms with Crippen molar-refractivity contribution in [2.75, 3.05) is 25.6 Å². The van der Waals surface area contributed by atoms with E-state index in [4.69, 9.17) is 25.8 Å². The third-order valence-corrected chi connectivity index (χ3v) is 4.86. The number of rotatable bonds is 7. The third-order valence-electron chi connectivity index (χ3n) is 3.64. The van der Waals surface area contributed by atoms with Gasteiger partial charge in [-0.05, 0) is 35.9 Å². The molecule has 0 saturated carbocycles. The zero-order chi connectivity index (χ0) is 19.1. The van der Waals surface area contributed by atoms with Gasteiger partial charge in [0, 0.05) is 16.5 Å². The Labute approximate surface area is 166 Å². The first kappa shape index (κ1) is 19.4. The second-order valence-electron chi connectivity index (χ2n) is 5.66. The molecule has 0 unspecified atom stereocenters. The molecule has 1 heterocycles. The van der Waals surface area contributed by atoms with Crippen LogP contribution in [0.1, 0.15) is 5.56 Å². The standard InChI is InChI=1S/C19H18ClNO5S/c20-14-3-1-13(2-4-14)10-21-18(22)11-26-19(23)12-27-15-5-6-16-17(9-15)25-8-7-24-16/h1-6,9H,7-8,10-12H2,(H,21,22). The van der Waals surface area contributed by atoms with Gasteiger partial charge in [-0.25, -0.2) is 0 Å². The van der Waals surface area contributed by atoms with Gasteiger partial charge in [-0.3, -0.25) is 9.59 Å². The molecular weight excluding hydrogens is 390 g/mol. The second-order valence-corrected chi connectivity index (χ2v) is 7.14. The molecule has 0 spiro atoms. The summed E-state index contributed by atoms with van der Waals surface area (Å²) in [5.41, 5.74) is 0.910. The number of esters is 1. The zero-order valence-electron chi connectivity index (χ0n) is 14.4. The van der Waals surface area contributed by atoms with Crippen molar-refractivity contribution in [3.05, 3.63) is 53.1 Å². The molecule has 2 aromatic rings. The van der Waals surface area contributed by atoms with Gasteiger partial charge in [0.05, 0.1) is 5.75 Å². The first-order valence-electron chi connectivity index (χ1n) is 8.29. The molecule has 142 valence electrons. The molecule has 2 aromatic carbocycles. The van der Waals surface area contributed by atoms with E-state index in [0.717, 1.165) is 10.5 Å². The molecule has 0 saturated heterocycles. The van der Waals surface area contributed by atoms with Crippen molar-refractivity contribution in [3.63, 3.8) is 0 Å². The average molecular weight is 408 g/mol.